The fourth-order valence-corrected chi connectivity index (χ4v) is 3.77. The molecule has 1 amide bonds. The van der Waals surface area contributed by atoms with E-state index in [2.05, 4.69) is 32.4 Å². The minimum Gasteiger partial charge on any atom is -0.446 e. The Morgan fingerprint density at radius 1 is 1.33 bits per heavy atom. The summed E-state index contributed by atoms with van der Waals surface area (Å²) in [7, 11) is 0. The van der Waals surface area contributed by atoms with Gasteiger partial charge in [-0.15, -0.1) is 0 Å². The predicted octanol–water partition coefficient (Wildman–Crippen LogP) is 4.40. The van der Waals surface area contributed by atoms with Crippen LogP contribution in [0, 0.1) is 0 Å². The lowest BCUT2D eigenvalue weighted by molar-refractivity contribution is 0.0982. The minimum atomic E-state index is -0.325. The van der Waals surface area contributed by atoms with E-state index in [4.69, 9.17) is 4.74 Å². The monoisotopic (exact) mass is 364 g/mol. The van der Waals surface area contributed by atoms with Crippen molar-refractivity contribution in [2.45, 2.75) is 51.2 Å². The van der Waals surface area contributed by atoms with Crippen molar-refractivity contribution in [3.8, 4) is 11.1 Å². The normalized spacial score (nSPS) is 19.5. The van der Waals surface area contributed by atoms with Crippen LogP contribution in [-0.2, 0) is 4.74 Å². The number of alkyl carbamates (subject to hydrolysis) is 1. The van der Waals surface area contributed by atoms with Crippen LogP contribution in [0.15, 0.2) is 43.0 Å². The molecule has 3 heterocycles. The van der Waals surface area contributed by atoms with Crippen LogP contribution in [0.3, 0.4) is 0 Å². The van der Waals surface area contributed by atoms with Crippen molar-refractivity contribution in [1.29, 1.82) is 0 Å². The second-order valence-corrected chi connectivity index (χ2v) is 7.45. The lowest BCUT2D eigenvalue weighted by atomic mass is 9.97. The maximum Gasteiger partial charge on any atom is 0.407 e. The minimum absolute atomic E-state index is 0.0338. The number of fused-ring (bicyclic) bond motifs is 1. The second kappa shape index (κ2) is 7.39. The van der Waals surface area contributed by atoms with Gasteiger partial charge in [0.1, 0.15) is 11.8 Å². The molecule has 1 aliphatic carbocycles. The predicted molar refractivity (Wildman–Crippen MR) is 104 cm³/mol. The van der Waals surface area contributed by atoms with Crippen molar-refractivity contribution in [2.75, 3.05) is 0 Å². The van der Waals surface area contributed by atoms with Gasteiger partial charge in [-0.1, -0.05) is 6.07 Å². The van der Waals surface area contributed by atoms with E-state index in [1.807, 2.05) is 38.5 Å². The molecular weight excluding hydrogens is 340 g/mol. The number of pyridine rings is 2. The van der Waals surface area contributed by atoms with E-state index in [1.165, 1.54) is 5.56 Å². The molecule has 3 aromatic heterocycles. The third-order valence-corrected chi connectivity index (χ3v) is 5.06. The maximum absolute atomic E-state index is 11.8. The SMILES string of the molecule is CC(C)NC(=O)O[C@@H]1CC[C@H](c2cnc3[nH]cc(-c4cccnc4)c3c2)C1. The fourth-order valence-electron chi connectivity index (χ4n) is 3.77. The van der Waals surface area contributed by atoms with Crippen LogP contribution in [0.25, 0.3) is 22.2 Å². The number of hydrogen-bond acceptors (Lipinski definition) is 4. The van der Waals surface area contributed by atoms with E-state index in [1.54, 1.807) is 6.20 Å². The molecule has 1 fully saturated rings. The summed E-state index contributed by atoms with van der Waals surface area (Å²) in [5, 5.41) is 3.89. The van der Waals surface area contributed by atoms with Gasteiger partial charge in [-0.05, 0) is 56.7 Å². The Labute approximate surface area is 158 Å². The van der Waals surface area contributed by atoms with Crippen molar-refractivity contribution in [1.82, 2.24) is 20.3 Å². The van der Waals surface area contributed by atoms with Gasteiger partial charge >= 0.3 is 6.09 Å². The largest absolute Gasteiger partial charge is 0.446 e. The Morgan fingerprint density at radius 2 is 2.22 bits per heavy atom. The van der Waals surface area contributed by atoms with Crippen molar-refractivity contribution >= 4 is 17.1 Å². The zero-order chi connectivity index (χ0) is 18.8. The molecule has 4 rings (SSSR count). The van der Waals surface area contributed by atoms with Crippen molar-refractivity contribution in [3.05, 3.63) is 48.5 Å². The first kappa shape index (κ1) is 17.5. The number of nitrogens with zero attached hydrogens (tertiary/aromatic N) is 2. The van der Waals surface area contributed by atoms with E-state index >= 15 is 0 Å². The Hall–Kier alpha value is -2.89. The van der Waals surface area contributed by atoms with Crippen LogP contribution in [0.2, 0.25) is 0 Å². The average molecular weight is 364 g/mol. The second-order valence-electron chi connectivity index (χ2n) is 7.45. The summed E-state index contributed by atoms with van der Waals surface area (Å²) in [6.45, 7) is 3.85. The van der Waals surface area contributed by atoms with Crippen LogP contribution < -0.4 is 5.32 Å². The van der Waals surface area contributed by atoms with Crippen LogP contribution in [0.1, 0.15) is 44.6 Å². The molecule has 0 spiro atoms. The summed E-state index contributed by atoms with van der Waals surface area (Å²) in [4.78, 5) is 23.9. The Kier molecular flexibility index (Phi) is 4.79. The third-order valence-electron chi connectivity index (χ3n) is 5.06. The molecule has 27 heavy (non-hydrogen) atoms. The summed E-state index contributed by atoms with van der Waals surface area (Å²) in [6.07, 6.45) is 9.92. The van der Waals surface area contributed by atoms with Crippen LogP contribution in [0.4, 0.5) is 4.79 Å². The number of hydrogen-bond donors (Lipinski definition) is 2. The summed E-state index contributed by atoms with van der Waals surface area (Å²) >= 11 is 0. The Morgan fingerprint density at radius 3 is 3.00 bits per heavy atom. The smallest absolute Gasteiger partial charge is 0.407 e. The highest BCUT2D eigenvalue weighted by atomic mass is 16.6. The van der Waals surface area contributed by atoms with E-state index in [-0.39, 0.29) is 18.2 Å². The number of rotatable bonds is 4. The average Bonchev–Trinajstić information content (AvgIpc) is 3.28. The molecule has 0 unspecified atom stereocenters. The van der Waals surface area contributed by atoms with Gasteiger partial charge in [0.25, 0.3) is 0 Å². The van der Waals surface area contributed by atoms with Crippen molar-refractivity contribution in [3.63, 3.8) is 0 Å². The fraction of sp³-hybridized carbons (Fsp3) is 0.381. The molecule has 1 saturated carbocycles. The molecule has 6 heteroatoms. The molecule has 140 valence electrons. The van der Waals surface area contributed by atoms with Crippen LogP contribution in [0.5, 0.6) is 0 Å². The molecule has 0 saturated heterocycles. The van der Waals surface area contributed by atoms with E-state index in [0.29, 0.717) is 5.92 Å². The molecular formula is C21H24N4O2. The summed E-state index contributed by atoms with van der Waals surface area (Å²) < 4.78 is 5.55. The van der Waals surface area contributed by atoms with Crippen LogP contribution >= 0.6 is 0 Å². The third kappa shape index (κ3) is 3.79. The molecule has 0 radical (unpaired) electrons. The molecule has 6 nitrogen and oxygen atoms in total. The van der Waals surface area contributed by atoms with Gasteiger partial charge in [-0.3, -0.25) is 4.98 Å². The number of carbonyl (C=O) groups excluding carboxylic acids is 1. The van der Waals surface area contributed by atoms with E-state index in [9.17, 15) is 4.79 Å². The highest BCUT2D eigenvalue weighted by Gasteiger charge is 2.29. The number of amides is 1. The number of carbonyl (C=O) groups is 1. The summed E-state index contributed by atoms with van der Waals surface area (Å²) in [5.74, 6) is 0.357. The number of H-pyrrole nitrogens is 1. The van der Waals surface area contributed by atoms with Gasteiger partial charge in [-0.25, -0.2) is 9.78 Å². The Balaban J connectivity index is 1.52. The van der Waals surface area contributed by atoms with Gasteiger partial charge in [0.05, 0.1) is 0 Å². The molecule has 2 atom stereocenters. The first-order valence-electron chi connectivity index (χ1n) is 9.44. The number of aromatic amines is 1. The molecule has 0 aromatic carbocycles. The van der Waals surface area contributed by atoms with Crippen molar-refractivity contribution in [2.24, 2.45) is 0 Å². The van der Waals surface area contributed by atoms with Crippen LogP contribution in [-0.4, -0.2) is 33.2 Å². The zero-order valence-corrected chi connectivity index (χ0v) is 15.6. The summed E-state index contributed by atoms with van der Waals surface area (Å²) in [5.41, 5.74) is 4.25. The standard InChI is InChI=1S/C21H24N4O2/c1-13(2)25-21(26)27-17-6-5-14(8-17)16-9-18-19(12-24-20(18)23-11-16)15-4-3-7-22-10-15/h3-4,7,9-14,17H,5-6,8H2,1-2H3,(H,23,24)(H,25,26)/t14-,17+/m0/s1. The van der Waals surface area contributed by atoms with Gasteiger partial charge < -0.3 is 15.0 Å². The Bertz CT molecular complexity index is 936. The number of aromatic nitrogens is 3. The molecule has 0 bridgehead atoms. The molecule has 3 aromatic rings. The zero-order valence-electron chi connectivity index (χ0n) is 15.6. The maximum atomic E-state index is 11.8. The molecule has 0 aliphatic heterocycles. The summed E-state index contributed by atoms with van der Waals surface area (Å²) in [6, 6.07) is 6.28. The van der Waals surface area contributed by atoms with Gasteiger partial charge in [0.2, 0.25) is 0 Å². The first-order valence-corrected chi connectivity index (χ1v) is 9.44. The lowest BCUT2D eigenvalue weighted by Gasteiger charge is -2.15. The number of ether oxygens (including phenoxy) is 1. The van der Waals surface area contributed by atoms with Gasteiger partial charge in [-0.2, -0.15) is 0 Å². The first-order chi connectivity index (χ1) is 13.1. The highest BCUT2D eigenvalue weighted by Crippen LogP contribution is 2.38. The number of nitrogens with one attached hydrogen (secondary N) is 2. The van der Waals surface area contributed by atoms with Gasteiger partial charge in [0, 0.05) is 47.3 Å². The molecule has 1 aliphatic rings. The lowest BCUT2D eigenvalue weighted by Crippen LogP contribution is -2.33. The topological polar surface area (TPSA) is 79.9 Å². The quantitative estimate of drug-likeness (QED) is 0.719. The van der Waals surface area contributed by atoms with E-state index < -0.39 is 0 Å². The van der Waals surface area contributed by atoms with E-state index in [0.717, 1.165) is 41.4 Å². The van der Waals surface area contributed by atoms with Gasteiger partial charge in [0.15, 0.2) is 0 Å². The molecule has 2 N–H and O–H groups in total. The highest BCUT2D eigenvalue weighted by molar-refractivity contribution is 5.93. The van der Waals surface area contributed by atoms with Crippen molar-refractivity contribution < 1.29 is 9.53 Å².